The Morgan fingerprint density at radius 2 is 1.83 bits per heavy atom. The second-order valence-electron chi connectivity index (χ2n) is 9.28. The van der Waals surface area contributed by atoms with E-state index in [0.717, 1.165) is 17.7 Å². The lowest BCUT2D eigenvalue weighted by Crippen LogP contribution is -2.66. The maximum atomic E-state index is 12.6. The summed E-state index contributed by atoms with van der Waals surface area (Å²) >= 11 is 0. The summed E-state index contributed by atoms with van der Waals surface area (Å²) in [6, 6.07) is 17.4. The number of esters is 1. The van der Waals surface area contributed by atoms with Crippen LogP contribution in [0.5, 0.6) is 5.75 Å². The Kier molecular flexibility index (Phi) is 4.25. The summed E-state index contributed by atoms with van der Waals surface area (Å²) in [6.07, 6.45) is 0.962. The number of ether oxygens (including phenoxy) is 3. The molecular formula is C25H28O4. The molecule has 3 aliphatic rings. The van der Waals surface area contributed by atoms with Crippen molar-refractivity contribution in [3.05, 3.63) is 65.7 Å². The first-order chi connectivity index (χ1) is 13.9. The Morgan fingerprint density at radius 1 is 1.10 bits per heavy atom. The van der Waals surface area contributed by atoms with Crippen LogP contribution in [0.25, 0.3) is 0 Å². The molecular weight excluding hydrogens is 364 g/mol. The molecule has 1 saturated heterocycles. The zero-order valence-electron chi connectivity index (χ0n) is 17.3. The highest BCUT2D eigenvalue weighted by atomic mass is 16.5. The van der Waals surface area contributed by atoms with Gasteiger partial charge in [0.25, 0.3) is 0 Å². The van der Waals surface area contributed by atoms with Crippen molar-refractivity contribution in [2.24, 2.45) is 23.2 Å². The molecule has 1 aliphatic carbocycles. The van der Waals surface area contributed by atoms with E-state index >= 15 is 0 Å². The number of benzene rings is 2. The first-order valence-corrected chi connectivity index (χ1v) is 10.6. The van der Waals surface area contributed by atoms with Gasteiger partial charge >= 0.3 is 5.97 Å². The number of hydrogen-bond acceptors (Lipinski definition) is 4. The van der Waals surface area contributed by atoms with E-state index in [1.807, 2.05) is 36.4 Å². The van der Waals surface area contributed by atoms with E-state index < -0.39 is 0 Å². The lowest BCUT2D eigenvalue weighted by atomic mass is 9.50. The molecule has 152 valence electrons. The van der Waals surface area contributed by atoms with Gasteiger partial charge < -0.3 is 14.2 Å². The van der Waals surface area contributed by atoms with E-state index in [1.54, 1.807) is 12.1 Å². The maximum Gasteiger partial charge on any atom is 0.338 e. The van der Waals surface area contributed by atoms with Gasteiger partial charge in [-0.25, -0.2) is 4.79 Å². The van der Waals surface area contributed by atoms with Crippen LogP contribution < -0.4 is 4.74 Å². The number of rotatable bonds is 3. The summed E-state index contributed by atoms with van der Waals surface area (Å²) < 4.78 is 18.9. The first kappa shape index (κ1) is 18.7. The molecule has 29 heavy (non-hydrogen) atoms. The highest BCUT2D eigenvalue weighted by Gasteiger charge is 2.64. The zero-order chi connectivity index (χ0) is 20.2. The van der Waals surface area contributed by atoms with Crippen LogP contribution in [0.15, 0.2) is 54.6 Å². The molecule has 4 heteroatoms. The quantitative estimate of drug-likeness (QED) is 0.686. The van der Waals surface area contributed by atoms with Gasteiger partial charge in [-0.3, -0.25) is 0 Å². The molecule has 4 nitrogen and oxygen atoms in total. The molecule has 2 fully saturated rings. The summed E-state index contributed by atoms with van der Waals surface area (Å²) in [6.45, 7) is 7.75. The minimum absolute atomic E-state index is 0.0328. The molecule has 0 radical (unpaired) electrons. The predicted octanol–water partition coefficient (Wildman–Crippen LogP) is 5.04. The molecule has 6 atom stereocenters. The first-order valence-electron chi connectivity index (χ1n) is 10.6. The standard InChI is InChI=1S/C25H28O4/c1-16-13-24(3)21-17(2)25(16,15-28-23(26)18-9-5-4-6-10-18)14-27-22(21)19-11-7-8-12-20(19)29-24/h4-12,16-17,21-22H,13-15H2,1-3H3/t16-,17+,21+,22+,24+,25?/m0/s1. The predicted molar refractivity (Wildman–Crippen MR) is 110 cm³/mol. The van der Waals surface area contributed by atoms with E-state index in [2.05, 4.69) is 26.8 Å². The Bertz CT molecular complexity index is 925. The van der Waals surface area contributed by atoms with Crippen molar-refractivity contribution in [2.45, 2.75) is 38.9 Å². The molecule has 2 heterocycles. The molecule has 2 bridgehead atoms. The SMILES string of the molecule is C[C@@H]1[C@@H]2[C@@H]3OCC1(COC(=O)c1ccccc1)[C@@H](C)C[C@@]2(C)Oc1ccccc13. The monoisotopic (exact) mass is 392 g/mol. The third-order valence-electron chi connectivity index (χ3n) is 7.75. The maximum absolute atomic E-state index is 12.6. The van der Waals surface area contributed by atoms with Crippen molar-refractivity contribution >= 4 is 5.97 Å². The van der Waals surface area contributed by atoms with Crippen molar-refractivity contribution in [3.8, 4) is 5.75 Å². The minimum Gasteiger partial charge on any atom is -0.487 e. The Labute approximate surface area is 172 Å². The van der Waals surface area contributed by atoms with Crippen LogP contribution >= 0.6 is 0 Å². The number of carbonyl (C=O) groups is 1. The van der Waals surface area contributed by atoms with E-state index in [1.165, 1.54) is 0 Å². The number of carbonyl (C=O) groups excluding carboxylic acids is 1. The fourth-order valence-corrected chi connectivity index (χ4v) is 6.11. The third kappa shape index (κ3) is 2.72. The molecule has 2 aromatic rings. The van der Waals surface area contributed by atoms with Gasteiger partial charge in [-0.05, 0) is 43.4 Å². The average molecular weight is 392 g/mol. The van der Waals surface area contributed by atoms with Crippen LogP contribution in [0.3, 0.4) is 0 Å². The summed E-state index contributed by atoms with van der Waals surface area (Å²) in [5.41, 5.74) is 1.27. The Morgan fingerprint density at radius 3 is 2.62 bits per heavy atom. The van der Waals surface area contributed by atoms with Crippen molar-refractivity contribution in [1.82, 2.24) is 0 Å². The van der Waals surface area contributed by atoms with Gasteiger partial charge in [0, 0.05) is 16.9 Å². The third-order valence-corrected chi connectivity index (χ3v) is 7.75. The van der Waals surface area contributed by atoms with Gasteiger partial charge in [-0.2, -0.15) is 0 Å². The van der Waals surface area contributed by atoms with E-state index in [4.69, 9.17) is 14.2 Å². The number of hydrogen-bond donors (Lipinski definition) is 0. The molecule has 1 saturated carbocycles. The second kappa shape index (κ2) is 6.60. The molecule has 1 unspecified atom stereocenters. The highest BCUT2D eigenvalue weighted by Crippen LogP contribution is 2.63. The molecule has 5 rings (SSSR count). The van der Waals surface area contributed by atoms with Crippen LogP contribution in [-0.2, 0) is 9.47 Å². The lowest BCUT2D eigenvalue weighted by Gasteiger charge is -2.63. The van der Waals surface area contributed by atoms with Gasteiger partial charge in [0.1, 0.15) is 11.4 Å². The molecule has 2 aromatic carbocycles. The smallest absolute Gasteiger partial charge is 0.338 e. The second-order valence-corrected chi connectivity index (χ2v) is 9.28. The van der Waals surface area contributed by atoms with Gasteiger partial charge in [-0.15, -0.1) is 0 Å². The van der Waals surface area contributed by atoms with Gasteiger partial charge in [0.15, 0.2) is 0 Å². The Balaban J connectivity index is 1.44. The van der Waals surface area contributed by atoms with Crippen molar-refractivity contribution < 1.29 is 19.0 Å². The van der Waals surface area contributed by atoms with Crippen LogP contribution in [-0.4, -0.2) is 24.8 Å². The minimum atomic E-state index is -0.273. The van der Waals surface area contributed by atoms with Crippen molar-refractivity contribution in [2.75, 3.05) is 13.2 Å². The topological polar surface area (TPSA) is 44.8 Å². The molecule has 0 spiro atoms. The largest absolute Gasteiger partial charge is 0.487 e. The van der Waals surface area contributed by atoms with E-state index in [-0.39, 0.29) is 29.0 Å². The normalized spacial score (nSPS) is 37.2. The number of fused-ring (bicyclic) bond motifs is 3. The summed E-state index contributed by atoms with van der Waals surface area (Å²) in [5, 5.41) is 0. The summed E-state index contributed by atoms with van der Waals surface area (Å²) in [7, 11) is 0. The summed E-state index contributed by atoms with van der Waals surface area (Å²) in [4.78, 5) is 12.6. The van der Waals surface area contributed by atoms with E-state index in [9.17, 15) is 4.79 Å². The van der Waals surface area contributed by atoms with Crippen LogP contribution in [0.4, 0.5) is 0 Å². The fourth-order valence-electron chi connectivity index (χ4n) is 6.11. The van der Waals surface area contributed by atoms with Crippen molar-refractivity contribution in [1.29, 1.82) is 0 Å². The molecule has 0 N–H and O–H groups in total. The molecule has 2 aliphatic heterocycles. The Hall–Kier alpha value is -2.33. The molecule has 0 aromatic heterocycles. The van der Waals surface area contributed by atoms with E-state index in [0.29, 0.717) is 30.6 Å². The van der Waals surface area contributed by atoms with Crippen LogP contribution in [0.2, 0.25) is 0 Å². The molecule has 0 amide bonds. The van der Waals surface area contributed by atoms with Gasteiger partial charge in [0.2, 0.25) is 0 Å². The van der Waals surface area contributed by atoms with Gasteiger partial charge in [-0.1, -0.05) is 50.2 Å². The zero-order valence-corrected chi connectivity index (χ0v) is 17.3. The van der Waals surface area contributed by atoms with Crippen molar-refractivity contribution in [3.63, 3.8) is 0 Å². The number of para-hydroxylation sites is 1. The van der Waals surface area contributed by atoms with Crippen LogP contribution in [0.1, 0.15) is 49.2 Å². The lowest BCUT2D eigenvalue weighted by molar-refractivity contribution is -0.259. The van der Waals surface area contributed by atoms with Gasteiger partial charge in [0.05, 0.1) is 24.9 Å². The van der Waals surface area contributed by atoms with Crippen LogP contribution in [0, 0.1) is 23.2 Å². The highest BCUT2D eigenvalue weighted by molar-refractivity contribution is 5.89. The fraction of sp³-hybridized carbons (Fsp3) is 0.480. The summed E-state index contributed by atoms with van der Waals surface area (Å²) in [5.74, 6) is 1.54. The average Bonchev–Trinajstić information content (AvgIpc) is 2.72.